The van der Waals surface area contributed by atoms with Gasteiger partial charge in [-0.2, -0.15) is 0 Å². The van der Waals surface area contributed by atoms with Crippen molar-refractivity contribution in [2.24, 2.45) is 5.41 Å². The molecule has 1 aromatic rings. The zero-order chi connectivity index (χ0) is 23.2. The molecule has 31 heavy (non-hydrogen) atoms. The van der Waals surface area contributed by atoms with Gasteiger partial charge in [-0.25, -0.2) is 8.78 Å². The Labute approximate surface area is 182 Å². The molecule has 0 radical (unpaired) electrons. The van der Waals surface area contributed by atoms with Crippen molar-refractivity contribution in [2.45, 2.75) is 64.6 Å². The van der Waals surface area contributed by atoms with E-state index in [2.05, 4.69) is 31.4 Å². The average molecular weight is 445 g/mol. The maximum atomic E-state index is 13.6. The third kappa shape index (κ3) is 8.42. The smallest absolute Gasteiger partial charge is 0.246 e. The van der Waals surface area contributed by atoms with Gasteiger partial charge in [0.05, 0.1) is 37.4 Å². The van der Waals surface area contributed by atoms with Crippen LogP contribution < -0.4 is 10.6 Å². The SMILES string of the molecule is COCC(=O)N[C@@H](Cc1cc(F)cc(F)c1)[C@H](O)[C@H]1CO[C@@H](OCC(C)(C)C)[C@H](C)N1. The molecule has 176 valence electrons. The molecule has 5 atom stereocenters. The van der Waals surface area contributed by atoms with Crippen LogP contribution >= 0.6 is 0 Å². The van der Waals surface area contributed by atoms with Gasteiger partial charge in [-0.3, -0.25) is 4.79 Å². The second-order valence-electron chi connectivity index (χ2n) is 9.21. The monoisotopic (exact) mass is 444 g/mol. The summed E-state index contributed by atoms with van der Waals surface area (Å²) in [6.45, 7) is 8.52. The van der Waals surface area contributed by atoms with Gasteiger partial charge in [0.15, 0.2) is 6.29 Å². The summed E-state index contributed by atoms with van der Waals surface area (Å²) in [6, 6.07) is 1.58. The van der Waals surface area contributed by atoms with E-state index >= 15 is 0 Å². The van der Waals surface area contributed by atoms with Crippen molar-refractivity contribution in [3.63, 3.8) is 0 Å². The van der Waals surface area contributed by atoms with Crippen molar-refractivity contribution < 1.29 is 32.9 Å². The lowest BCUT2D eigenvalue weighted by Crippen LogP contribution is -2.62. The van der Waals surface area contributed by atoms with Crippen LogP contribution in [0.5, 0.6) is 0 Å². The van der Waals surface area contributed by atoms with E-state index in [4.69, 9.17) is 14.2 Å². The number of amides is 1. The Morgan fingerprint density at radius 1 is 1.32 bits per heavy atom. The van der Waals surface area contributed by atoms with Crippen molar-refractivity contribution in [1.29, 1.82) is 0 Å². The molecular formula is C22H34F2N2O5. The van der Waals surface area contributed by atoms with E-state index in [0.29, 0.717) is 12.2 Å². The zero-order valence-corrected chi connectivity index (χ0v) is 18.8. The average Bonchev–Trinajstić information content (AvgIpc) is 2.64. The van der Waals surface area contributed by atoms with Gasteiger partial charge >= 0.3 is 0 Å². The van der Waals surface area contributed by atoms with Gasteiger partial charge in [-0.1, -0.05) is 20.8 Å². The summed E-state index contributed by atoms with van der Waals surface area (Å²) in [5, 5.41) is 16.9. The number of methoxy groups -OCH3 is 1. The zero-order valence-electron chi connectivity index (χ0n) is 18.8. The number of morpholine rings is 1. The van der Waals surface area contributed by atoms with Crippen LogP contribution in [-0.4, -0.2) is 68.5 Å². The Balaban J connectivity index is 2.07. The van der Waals surface area contributed by atoms with E-state index in [0.717, 1.165) is 6.07 Å². The van der Waals surface area contributed by atoms with Gasteiger partial charge in [0, 0.05) is 13.2 Å². The first-order chi connectivity index (χ1) is 14.5. The molecule has 1 aliphatic heterocycles. The fourth-order valence-electron chi connectivity index (χ4n) is 3.43. The molecule has 0 bridgehead atoms. The van der Waals surface area contributed by atoms with Crippen molar-refractivity contribution in [3.05, 3.63) is 35.4 Å². The molecule has 1 fully saturated rings. The van der Waals surface area contributed by atoms with Crippen LogP contribution in [0.25, 0.3) is 0 Å². The number of ether oxygens (including phenoxy) is 3. The molecule has 1 heterocycles. The number of rotatable bonds is 9. The Bertz CT molecular complexity index is 708. The highest BCUT2D eigenvalue weighted by Crippen LogP contribution is 2.20. The summed E-state index contributed by atoms with van der Waals surface area (Å²) < 4.78 is 43.7. The number of aliphatic hydroxyl groups excluding tert-OH is 1. The predicted molar refractivity (Wildman–Crippen MR) is 111 cm³/mol. The lowest BCUT2D eigenvalue weighted by molar-refractivity contribution is -0.201. The Morgan fingerprint density at radius 2 is 1.97 bits per heavy atom. The van der Waals surface area contributed by atoms with E-state index in [-0.39, 0.29) is 31.1 Å². The standard InChI is InChI=1S/C22H34F2N2O5/c1-13-21(31-12-22(2,3)4)30-10-18(25-13)20(28)17(26-19(27)11-29-5)8-14-6-15(23)9-16(24)7-14/h6-7,9,13,17-18,20-21,25,28H,8,10-12H2,1-5H3,(H,26,27)/t13-,17-,18+,20-,21-/m0/s1. The molecule has 0 aliphatic carbocycles. The summed E-state index contributed by atoms with van der Waals surface area (Å²) in [4.78, 5) is 12.1. The number of nitrogens with one attached hydrogen (secondary N) is 2. The molecular weight excluding hydrogens is 410 g/mol. The molecule has 1 aromatic carbocycles. The third-order valence-corrected chi connectivity index (χ3v) is 4.83. The number of hydrogen-bond donors (Lipinski definition) is 3. The quantitative estimate of drug-likeness (QED) is 0.538. The molecule has 0 spiro atoms. The maximum absolute atomic E-state index is 13.6. The van der Waals surface area contributed by atoms with Gasteiger partial charge < -0.3 is 30.0 Å². The van der Waals surface area contributed by atoms with Crippen LogP contribution in [0.4, 0.5) is 8.78 Å². The topological polar surface area (TPSA) is 89.1 Å². The molecule has 7 nitrogen and oxygen atoms in total. The molecule has 1 saturated heterocycles. The van der Waals surface area contributed by atoms with Gasteiger partial charge in [0.25, 0.3) is 0 Å². The highest BCUT2D eigenvalue weighted by molar-refractivity contribution is 5.77. The first-order valence-corrected chi connectivity index (χ1v) is 10.4. The molecule has 1 aliphatic rings. The molecule has 2 rings (SSSR count). The largest absolute Gasteiger partial charge is 0.389 e. The second kappa shape index (κ2) is 11.3. The predicted octanol–water partition coefficient (Wildman–Crippen LogP) is 1.77. The summed E-state index contributed by atoms with van der Waals surface area (Å²) in [5.74, 6) is -1.89. The summed E-state index contributed by atoms with van der Waals surface area (Å²) >= 11 is 0. The van der Waals surface area contributed by atoms with Crippen molar-refractivity contribution in [2.75, 3.05) is 26.9 Å². The number of aliphatic hydroxyl groups is 1. The summed E-state index contributed by atoms with van der Waals surface area (Å²) in [6.07, 6.45) is -1.53. The van der Waals surface area contributed by atoms with E-state index in [1.807, 2.05) is 6.92 Å². The first-order valence-electron chi connectivity index (χ1n) is 10.4. The Kier molecular flexibility index (Phi) is 9.32. The lowest BCUT2D eigenvalue weighted by atomic mass is 9.95. The van der Waals surface area contributed by atoms with Crippen molar-refractivity contribution >= 4 is 5.91 Å². The second-order valence-corrected chi connectivity index (χ2v) is 9.21. The van der Waals surface area contributed by atoms with E-state index in [1.54, 1.807) is 0 Å². The minimum Gasteiger partial charge on any atom is -0.389 e. The van der Waals surface area contributed by atoms with Crippen LogP contribution in [0.2, 0.25) is 0 Å². The van der Waals surface area contributed by atoms with Crippen LogP contribution in [0.15, 0.2) is 18.2 Å². The van der Waals surface area contributed by atoms with Crippen molar-refractivity contribution in [3.8, 4) is 0 Å². The number of halogens is 2. The fourth-order valence-corrected chi connectivity index (χ4v) is 3.43. The van der Waals surface area contributed by atoms with E-state index in [1.165, 1.54) is 19.2 Å². The van der Waals surface area contributed by atoms with Gasteiger partial charge in [0.2, 0.25) is 5.91 Å². The maximum Gasteiger partial charge on any atom is 0.246 e. The third-order valence-electron chi connectivity index (χ3n) is 4.83. The highest BCUT2D eigenvalue weighted by Gasteiger charge is 2.36. The van der Waals surface area contributed by atoms with Gasteiger partial charge in [-0.05, 0) is 36.5 Å². The van der Waals surface area contributed by atoms with E-state index in [9.17, 15) is 18.7 Å². The van der Waals surface area contributed by atoms with Crippen LogP contribution in [-0.2, 0) is 25.4 Å². The number of carbonyl (C=O) groups excluding carboxylic acids is 1. The Hall–Kier alpha value is -1.65. The minimum absolute atomic E-state index is 0.0175. The van der Waals surface area contributed by atoms with Crippen LogP contribution in [0, 0.1) is 17.0 Å². The fraction of sp³-hybridized carbons (Fsp3) is 0.682. The van der Waals surface area contributed by atoms with Crippen LogP contribution in [0.1, 0.15) is 33.3 Å². The van der Waals surface area contributed by atoms with E-state index < -0.39 is 42.0 Å². The Morgan fingerprint density at radius 3 is 2.52 bits per heavy atom. The molecule has 0 saturated carbocycles. The summed E-state index contributed by atoms with van der Waals surface area (Å²) in [7, 11) is 1.38. The van der Waals surface area contributed by atoms with Crippen molar-refractivity contribution in [1.82, 2.24) is 10.6 Å². The van der Waals surface area contributed by atoms with Gasteiger partial charge in [-0.15, -0.1) is 0 Å². The molecule has 0 unspecified atom stereocenters. The minimum atomic E-state index is -1.09. The number of hydrogen-bond acceptors (Lipinski definition) is 6. The lowest BCUT2D eigenvalue weighted by Gasteiger charge is -2.40. The van der Waals surface area contributed by atoms with Gasteiger partial charge in [0.1, 0.15) is 18.2 Å². The molecule has 3 N–H and O–H groups in total. The first kappa shape index (κ1) is 25.6. The highest BCUT2D eigenvalue weighted by atomic mass is 19.1. The molecule has 0 aromatic heterocycles. The van der Waals surface area contributed by atoms with Crippen LogP contribution in [0.3, 0.4) is 0 Å². The molecule has 1 amide bonds. The molecule has 9 heteroatoms. The normalized spacial score (nSPS) is 23.9. The number of benzene rings is 1. The summed E-state index contributed by atoms with van der Waals surface area (Å²) in [5.41, 5.74) is 0.298. The number of carbonyl (C=O) groups is 1.